The molecule has 2 N–H and O–H groups in total. The minimum atomic E-state index is -1.01. The van der Waals surface area contributed by atoms with E-state index in [9.17, 15) is 14.4 Å². The Labute approximate surface area is 173 Å². The maximum absolute atomic E-state index is 12.8. The standard InChI is InChI=1S/C22H33N3O4/c1-15(2)6-7-16(3)23-19(26)14-25-20(27)22(4,24-21(25)28)13-12-17-8-10-18(29-5)11-9-17/h8-11,15-16H,6-7,12-14H2,1-5H3,(H,23,26)(H,24,28)/t16-,22-/m1/s1. The Morgan fingerprint density at radius 2 is 1.83 bits per heavy atom. The molecule has 0 saturated carbocycles. The minimum Gasteiger partial charge on any atom is -0.497 e. The van der Waals surface area contributed by atoms with E-state index in [2.05, 4.69) is 24.5 Å². The molecule has 2 atom stereocenters. The lowest BCUT2D eigenvalue weighted by Crippen LogP contribution is -2.46. The number of nitrogens with zero attached hydrogens (tertiary/aromatic N) is 1. The van der Waals surface area contributed by atoms with Crippen LogP contribution < -0.4 is 15.4 Å². The predicted molar refractivity (Wildman–Crippen MR) is 112 cm³/mol. The number of hydrogen-bond donors (Lipinski definition) is 2. The van der Waals surface area contributed by atoms with Crippen LogP contribution in [-0.4, -0.2) is 48.0 Å². The van der Waals surface area contributed by atoms with Gasteiger partial charge in [0.25, 0.3) is 5.91 Å². The largest absolute Gasteiger partial charge is 0.497 e. The molecule has 7 heteroatoms. The number of nitrogens with one attached hydrogen (secondary N) is 2. The summed E-state index contributed by atoms with van der Waals surface area (Å²) in [7, 11) is 1.61. The summed E-state index contributed by atoms with van der Waals surface area (Å²) in [6.07, 6.45) is 2.95. The van der Waals surface area contributed by atoms with Gasteiger partial charge in [-0.05, 0) is 63.1 Å². The van der Waals surface area contributed by atoms with Crippen LogP contribution in [0.4, 0.5) is 4.79 Å². The highest BCUT2D eigenvalue weighted by Gasteiger charge is 2.47. The number of hydrogen-bond acceptors (Lipinski definition) is 4. The van der Waals surface area contributed by atoms with Crippen LogP contribution in [0.2, 0.25) is 0 Å². The Balaban J connectivity index is 1.90. The number of urea groups is 1. The molecule has 0 unspecified atom stereocenters. The smallest absolute Gasteiger partial charge is 0.325 e. The molecule has 7 nitrogen and oxygen atoms in total. The minimum absolute atomic E-state index is 0.00659. The first-order valence-electron chi connectivity index (χ1n) is 10.2. The van der Waals surface area contributed by atoms with E-state index in [1.165, 1.54) is 0 Å². The van der Waals surface area contributed by atoms with Crippen molar-refractivity contribution < 1.29 is 19.1 Å². The van der Waals surface area contributed by atoms with Crippen molar-refractivity contribution in [3.63, 3.8) is 0 Å². The first kappa shape index (κ1) is 22.7. The average Bonchev–Trinajstić information content (AvgIpc) is 2.88. The van der Waals surface area contributed by atoms with Gasteiger partial charge in [-0.2, -0.15) is 0 Å². The van der Waals surface area contributed by atoms with Gasteiger partial charge in [-0.3, -0.25) is 14.5 Å². The average molecular weight is 404 g/mol. The zero-order valence-corrected chi connectivity index (χ0v) is 18.1. The summed E-state index contributed by atoms with van der Waals surface area (Å²) in [5.74, 6) is 0.655. The molecule has 160 valence electrons. The molecule has 2 rings (SSSR count). The van der Waals surface area contributed by atoms with Crippen LogP contribution in [0.3, 0.4) is 0 Å². The number of ether oxygens (including phenoxy) is 1. The van der Waals surface area contributed by atoms with Crippen LogP contribution in [0, 0.1) is 5.92 Å². The monoisotopic (exact) mass is 403 g/mol. The fraction of sp³-hybridized carbons (Fsp3) is 0.591. The molecule has 1 saturated heterocycles. The van der Waals surface area contributed by atoms with Crippen molar-refractivity contribution in [2.75, 3.05) is 13.7 Å². The second-order valence-electron chi connectivity index (χ2n) is 8.44. The third kappa shape index (κ3) is 6.21. The molecule has 0 aliphatic carbocycles. The van der Waals surface area contributed by atoms with Gasteiger partial charge in [0.1, 0.15) is 17.8 Å². The van der Waals surface area contributed by atoms with Crippen molar-refractivity contribution in [1.29, 1.82) is 0 Å². The molecule has 1 aromatic carbocycles. The fourth-order valence-electron chi connectivity index (χ4n) is 3.37. The van der Waals surface area contributed by atoms with E-state index in [1.54, 1.807) is 14.0 Å². The SMILES string of the molecule is COc1ccc(CC[C@@]2(C)NC(=O)N(CC(=O)N[C@H](C)CCC(C)C)C2=O)cc1. The number of rotatable bonds is 10. The number of benzene rings is 1. The molecule has 0 radical (unpaired) electrons. The van der Waals surface area contributed by atoms with Crippen molar-refractivity contribution in [2.24, 2.45) is 5.92 Å². The van der Waals surface area contributed by atoms with E-state index in [1.807, 2.05) is 31.2 Å². The number of amides is 4. The Kier molecular flexibility index (Phi) is 7.65. The Bertz CT molecular complexity index is 732. The van der Waals surface area contributed by atoms with E-state index in [-0.39, 0.29) is 24.4 Å². The molecule has 4 amide bonds. The number of imide groups is 1. The van der Waals surface area contributed by atoms with E-state index in [0.717, 1.165) is 29.1 Å². The predicted octanol–water partition coefficient (Wildman–Crippen LogP) is 2.88. The number of methoxy groups -OCH3 is 1. The van der Waals surface area contributed by atoms with E-state index < -0.39 is 11.6 Å². The van der Waals surface area contributed by atoms with Crippen LogP contribution in [-0.2, 0) is 16.0 Å². The van der Waals surface area contributed by atoms with Gasteiger partial charge in [0.05, 0.1) is 7.11 Å². The number of aryl methyl sites for hydroxylation is 1. The van der Waals surface area contributed by atoms with E-state index >= 15 is 0 Å². The van der Waals surface area contributed by atoms with Crippen molar-refractivity contribution in [1.82, 2.24) is 15.5 Å². The molecular formula is C22H33N3O4. The summed E-state index contributed by atoms with van der Waals surface area (Å²) in [4.78, 5) is 38.5. The van der Waals surface area contributed by atoms with Crippen LogP contribution in [0.15, 0.2) is 24.3 Å². The second-order valence-corrected chi connectivity index (χ2v) is 8.44. The Hall–Kier alpha value is -2.57. The molecule has 29 heavy (non-hydrogen) atoms. The first-order chi connectivity index (χ1) is 13.6. The highest BCUT2D eigenvalue weighted by Crippen LogP contribution is 2.24. The van der Waals surface area contributed by atoms with Crippen molar-refractivity contribution >= 4 is 17.8 Å². The Morgan fingerprint density at radius 1 is 1.17 bits per heavy atom. The van der Waals surface area contributed by atoms with Gasteiger partial charge in [-0.15, -0.1) is 0 Å². The van der Waals surface area contributed by atoms with Gasteiger partial charge in [-0.1, -0.05) is 26.0 Å². The zero-order valence-electron chi connectivity index (χ0n) is 18.1. The van der Waals surface area contributed by atoms with E-state index in [4.69, 9.17) is 4.74 Å². The van der Waals surface area contributed by atoms with Crippen molar-refractivity contribution in [3.8, 4) is 5.75 Å². The summed E-state index contributed by atoms with van der Waals surface area (Å²) in [5.41, 5.74) is 0.0323. The zero-order chi connectivity index (χ0) is 21.6. The van der Waals surface area contributed by atoms with Crippen molar-refractivity contribution in [2.45, 2.75) is 65.0 Å². The van der Waals surface area contributed by atoms with Crippen LogP contribution in [0.1, 0.15) is 52.5 Å². The summed E-state index contributed by atoms with van der Waals surface area (Å²) in [6.45, 7) is 7.66. The maximum atomic E-state index is 12.8. The lowest BCUT2D eigenvalue weighted by atomic mass is 9.93. The molecule has 1 heterocycles. The number of carbonyl (C=O) groups is 3. The van der Waals surface area contributed by atoms with Crippen LogP contribution in [0.5, 0.6) is 5.75 Å². The topological polar surface area (TPSA) is 87.7 Å². The maximum Gasteiger partial charge on any atom is 0.325 e. The molecular weight excluding hydrogens is 370 g/mol. The van der Waals surface area contributed by atoms with Gasteiger partial charge < -0.3 is 15.4 Å². The molecule has 1 aliphatic rings. The van der Waals surface area contributed by atoms with Crippen molar-refractivity contribution in [3.05, 3.63) is 29.8 Å². The third-order valence-corrected chi connectivity index (χ3v) is 5.30. The van der Waals surface area contributed by atoms with Gasteiger partial charge in [0.15, 0.2) is 0 Å². The Morgan fingerprint density at radius 3 is 2.41 bits per heavy atom. The summed E-state index contributed by atoms with van der Waals surface area (Å²) >= 11 is 0. The number of carbonyl (C=O) groups excluding carboxylic acids is 3. The first-order valence-corrected chi connectivity index (χ1v) is 10.2. The third-order valence-electron chi connectivity index (χ3n) is 5.30. The van der Waals surface area contributed by atoms with Gasteiger partial charge in [0.2, 0.25) is 5.91 Å². The molecule has 1 fully saturated rings. The normalized spacial score (nSPS) is 20.0. The molecule has 1 aromatic rings. The lowest BCUT2D eigenvalue weighted by Gasteiger charge is -2.22. The van der Waals surface area contributed by atoms with Gasteiger partial charge in [0, 0.05) is 6.04 Å². The second kappa shape index (κ2) is 9.76. The highest BCUT2D eigenvalue weighted by molar-refractivity contribution is 6.08. The van der Waals surface area contributed by atoms with Gasteiger partial charge >= 0.3 is 6.03 Å². The molecule has 0 spiro atoms. The highest BCUT2D eigenvalue weighted by atomic mass is 16.5. The van der Waals surface area contributed by atoms with Crippen LogP contribution in [0.25, 0.3) is 0 Å². The summed E-state index contributed by atoms with van der Waals surface area (Å²) < 4.78 is 5.15. The lowest BCUT2D eigenvalue weighted by molar-refractivity contribution is -0.134. The molecule has 1 aliphatic heterocycles. The quantitative estimate of drug-likeness (QED) is 0.588. The molecule has 0 aromatic heterocycles. The van der Waals surface area contributed by atoms with E-state index in [0.29, 0.717) is 18.8 Å². The summed E-state index contributed by atoms with van der Waals surface area (Å²) in [6, 6.07) is 7.10. The molecule has 0 bridgehead atoms. The fourth-order valence-corrected chi connectivity index (χ4v) is 3.37. The van der Waals surface area contributed by atoms with Crippen LogP contribution >= 0.6 is 0 Å². The summed E-state index contributed by atoms with van der Waals surface area (Å²) in [5, 5.41) is 5.63. The van der Waals surface area contributed by atoms with Gasteiger partial charge in [-0.25, -0.2) is 4.79 Å².